The molecule has 5 heteroatoms. The van der Waals surface area contributed by atoms with Crippen molar-refractivity contribution in [3.05, 3.63) is 39.5 Å². The van der Waals surface area contributed by atoms with Crippen LogP contribution in [0.3, 0.4) is 0 Å². The molecule has 0 atom stereocenters. The molecule has 1 rings (SSSR count). The summed E-state index contributed by atoms with van der Waals surface area (Å²) in [5.41, 5.74) is -0.360. The van der Waals surface area contributed by atoms with Crippen LogP contribution >= 0.6 is 23.2 Å². The van der Waals surface area contributed by atoms with Gasteiger partial charge in [0.1, 0.15) is 0 Å². The van der Waals surface area contributed by atoms with Gasteiger partial charge in [0.2, 0.25) is 0 Å². The van der Waals surface area contributed by atoms with Gasteiger partial charge in [0.05, 0.1) is 6.54 Å². The van der Waals surface area contributed by atoms with Crippen molar-refractivity contribution in [1.82, 2.24) is 9.55 Å². The van der Waals surface area contributed by atoms with Crippen molar-refractivity contribution in [1.29, 1.82) is 0 Å². The molecule has 0 aliphatic carbocycles. The van der Waals surface area contributed by atoms with Crippen molar-refractivity contribution in [3.8, 4) is 0 Å². The van der Waals surface area contributed by atoms with Crippen LogP contribution in [0, 0.1) is 0 Å². The topological polar surface area (TPSA) is 34.9 Å². The van der Waals surface area contributed by atoms with E-state index in [1.165, 1.54) is 17.0 Å². The summed E-state index contributed by atoms with van der Waals surface area (Å²) < 4.78 is 1.34. The van der Waals surface area contributed by atoms with Crippen LogP contribution in [-0.4, -0.2) is 9.55 Å². The molecule has 0 N–H and O–H groups in total. The monoisotopic (exact) mass is 204 g/mol. The molecule has 3 nitrogen and oxygen atoms in total. The molecule has 0 saturated carbocycles. The van der Waals surface area contributed by atoms with Crippen molar-refractivity contribution < 1.29 is 0 Å². The van der Waals surface area contributed by atoms with Crippen LogP contribution in [0.1, 0.15) is 0 Å². The van der Waals surface area contributed by atoms with Gasteiger partial charge in [-0.2, -0.15) is 0 Å². The van der Waals surface area contributed by atoms with Crippen LogP contribution in [0.4, 0.5) is 0 Å². The third-order valence-electron chi connectivity index (χ3n) is 1.21. The highest BCUT2D eigenvalue weighted by Gasteiger charge is 2.00. The molecule has 0 aliphatic rings. The number of hydrogen-bond donors (Lipinski definition) is 0. The predicted octanol–water partition coefficient (Wildman–Crippen LogP) is 1.65. The van der Waals surface area contributed by atoms with Crippen LogP contribution in [-0.2, 0) is 6.54 Å². The maximum Gasteiger partial charge on any atom is 0.288 e. The molecular formula is C7H6Cl2N2O. The van der Waals surface area contributed by atoms with Gasteiger partial charge in [-0.15, -0.1) is 0 Å². The van der Waals surface area contributed by atoms with Crippen molar-refractivity contribution >= 4 is 23.2 Å². The van der Waals surface area contributed by atoms with E-state index in [0.29, 0.717) is 5.03 Å². The normalized spacial score (nSPS) is 9.83. The first-order valence-corrected chi connectivity index (χ1v) is 3.91. The van der Waals surface area contributed by atoms with Crippen LogP contribution < -0.4 is 5.56 Å². The molecule has 1 aromatic rings. The van der Waals surface area contributed by atoms with Gasteiger partial charge < -0.3 is 4.57 Å². The third kappa shape index (κ3) is 2.09. The van der Waals surface area contributed by atoms with Crippen LogP contribution in [0.25, 0.3) is 0 Å². The second kappa shape index (κ2) is 3.74. The zero-order valence-electron chi connectivity index (χ0n) is 6.13. The second-order valence-corrected chi connectivity index (χ2v) is 3.06. The Balaban J connectivity index is 3.09. The molecule has 12 heavy (non-hydrogen) atoms. The Labute approximate surface area is 79.3 Å². The van der Waals surface area contributed by atoms with E-state index in [2.05, 4.69) is 11.6 Å². The number of nitrogens with zero attached hydrogens (tertiary/aromatic N) is 2. The van der Waals surface area contributed by atoms with Crippen molar-refractivity contribution in [2.75, 3.05) is 0 Å². The molecule has 0 bridgehead atoms. The highest BCUT2D eigenvalue weighted by Crippen LogP contribution is 2.00. The van der Waals surface area contributed by atoms with Crippen molar-refractivity contribution in [2.24, 2.45) is 0 Å². The Morgan fingerprint density at radius 2 is 2.42 bits per heavy atom. The Morgan fingerprint density at radius 1 is 1.75 bits per heavy atom. The molecule has 0 amide bonds. The molecule has 1 heterocycles. The Bertz CT molecular complexity index is 359. The number of hydrogen-bond acceptors (Lipinski definition) is 2. The summed E-state index contributed by atoms with van der Waals surface area (Å²) in [6.45, 7) is 3.72. The van der Waals surface area contributed by atoms with Gasteiger partial charge in [0, 0.05) is 17.4 Å². The zero-order chi connectivity index (χ0) is 9.14. The van der Waals surface area contributed by atoms with Gasteiger partial charge in [-0.3, -0.25) is 4.79 Å². The average molecular weight is 205 g/mol. The highest BCUT2D eigenvalue weighted by molar-refractivity contribution is 6.29. The first kappa shape index (κ1) is 9.29. The maximum atomic E-state index is 11.2. The Morgan fingerprint density at radius 3 is 3.00 bits per heavy atom. The predicted molar refractivity (Wildman–Crippen MR) is 48.5 cm³/mol. The van der Waals surface area contributed by atoms with Gasteiger partial charge in [-0.1, -0.05) is 29.8 Å². The molecule has 0 aliphatic heterocycles. The summed E-state index contributed by atoms with van der Waals surface area (Å²) in [5.74, 6) is 0. The summed E-state index contributed by atoms with van der Waals surface area (Å²) in [6, 6.07) is 0. The second-order valence-electron chi connectivity index (χ2n) is 2.17. The molecule has 64 valence electrons. The molecule has 0 unspecified atom stereocenters. The lowest BCUT2D eigenvalue weighted by Crippen LogP contribution is -2.20. The smallest absolute Gasteiger partial charge is 0.288 e. The highest BCUT2D eigenvalue weighted by atomic mass is 35.5. The Kier molecular flexibility index (Phi) is 2.89. The lowest BCUT2D eigenvalue weighted by atomic mass is 10.5. The third-order valence-corrected chi connectivity index (χ3v) is 1.59. The standard InChI is InChI=1S/C7H6Cl2N2O/c1-5(8)4-11-3-2-10-6(9)7(11)12/h2-3H,1,4H2. The first-order chi connectivity index (χ1) is 5.61. The van der Waals surface area contributed by atoms with Gasteiger partial charge in [-0.25, -0.2) is 4.98 Å². The van der Waals surface area contributed by atoms with Gasteiger partial charge in [-0.05, 0) is 0 Å². The summed E-state index contributed by atoms with van der Waals surface area (Å²) in [5, 5.41) is 0.315. The molecule has 0 aromatic carbocycles. The maximum absolute atomic E-state index is 11.2. The minimum Gasteiger partial charge on any atom is -0.306 e. The van der Waals surface area contributed by atoms with Crippen LogP contribution in [0.2, 0.25) is 5.15 Å². The number of halogens is 2. The summed E-state index contributed by atoms with van der Waals surface area (Å²) in [7, 11) is 0. The number of aromatic nitrogens is 2. The van der Waals surface area contributed by atoms with Crippen LogP contribution in [0.15, 0.2) is 28.8 Å². The van der Waals surface area contributed by atoms with E-state index in [1.807, 2.05) is 0 Å². The minimum atomic E-state index is -0.360. The van der Waals surface area contributed by atoms with E-state index < -0.39 is 0 Å². The summed E-state index contributed by atoms with van der Waals surface area (Å²) in [6.07, 6.45) is 2.94. The fourth-order valence-electron chi connectivity index (χ4n) is 0.730. The quantitative estimate of drug-likeness (QED) is 0.735. The van der Waals surface area contributed by atoms with Gasteiger partial charge >= 0.3 is 0 Å². The molecule has 0 spiro atoms. The molecule has 0 radical (unpaired) electrons. The molecule has 0 fully saturated rings. The first-order valence-electron chi connectivity index (χ1n) is 3.15. The van der Waals surface area contributed by atoms with E-state index in [4.69, 9.17) is 23.2 Å². The lowest BCUT2D eigenvalue weighted by Gasteiger charge is -2.01. The van der Waals surface area contributed by atoms with Crippen molar-refractivity contribution in [3.63, 3.8) is 0 Å². The van der Waals surface area contributed by atoms with E-state index in [9.17, 15) is 4.79 Å². The fourth-order valence-corrected chi connectivity index (χ4v) is 1.02. The fraction of sp³-hybridized carbons (Fsp3) is 0.143. The van der Waals surface area contributed by atoms with E-state index in [1.54, 1.807) is 0 Å². The SMILES string of the molecule is C=C(Cl)Cn1ccnc(Cl)c1=O. The van der Waals surface area contributed by atoms with Gasteiger partial charge in [0.15, 0.2) is 5.15 Å². The van der Waals surface area contributed by atoms with E-state index in [-0.39, 0.29) is 17.3 Å². The molecular weight excluding hydrogens is 199 g/mol. The van der Waals surface area contributed by atoms with Crippen LogP contribution in [0.5, 0.6) is 0 Å². The zero-order valence-corrected chi connectivity index (χ0v) is 7.64. The average Bonchev–Trinajstić information content (AvgIpc) is 1.98. The summed E-state index contributed by atoms with van der Waals surface area (Å²) in [4.78, 5) is 14.8. The summed E-state index contributed by atoms with van der Waals surface area (Å²) >= 11 is 11.0. The van der Waals surface area contributed by atoms with E-state index in [0.717, 1.165) is 0 Å². The minimum absolute atomic E-state index is 0.0598. The number of allylic oxidation sites excluding steroid dienone is 1. The molecule has 1 aromatic heterocycles. The molecule has 0 saturated heterocycles. The van der Waals surface area contributed by atoms with Crippen molar-refractivity contribution in [2.45, 2.75) is 6.54 Å². The van der Waals surface area contributed by atoms with Gasteiger partial charge in [0.25, 0.3) is 5.56 Å². The number of rotatable bonds is 2. The van der Waals surface area contributed by atoms with E-state index >= 15 is 0 Å². The Hall–Kier alpha value is -0.800. The largest absolute Gasteiger partial charge is 0.306 e. The lowest BCUT2D eigenvalue weighted by molar-refractivity contribution is 0.759.